The Morgan fingerprint density at radius 3 is 2.64 bits per heavy atom. The van der Waals surface area contributed by atoms with Crippen molar-refractivity contribution in [3.63, 3.8) is 0 Å². The first-order valence-corrected chi connectivity index (χ1v) is 10.0. The summed E-state index contributed by atoms with van der Waals surface area (Å²) in [6, 6.07) is 17.4. The summed E-state index contributed by atoms with van der Waals surface area (Å²) >= 11 is 1.67. The van der Waals surface area contributed by atoms with Gasteiger partial charge in [0.05, 0.1) is 17.6 Å². The van der Waals surface area contributed by atoms with Gasteiger partial charge in [0.2, 0.25) is 0 Å². The van der Waals surface area contributed by atoms with Gasteiger partial charge in [0.25, 0.3) is 5.91 Å². The molecule has 0 aliphatic heterocycles. The van der Waals surface area contributed by atoms with Crippen LogP contribution in [0.4, 0.5) is 11.5 Å². The molecule has 1 heterocycles. The lowest BCUT2D eigenvalue weighted by atomic mass is 10.1. The number of aromatic nitrogens is 1. The van der Waals surface area contributed by atoms with Crippen LogP contribution in [0.15, 0.2) is 59.5 Å². The number of amides is 1. The van der Waals surface area contributed by atoms with E-state index in [0.717, 1.165) is 21.5 Å². The van der Waals surface area contributed by atoms with Crippen LogP contribution in [-0.4, -0.2) is 44.2 Å². The van der Waals surface area contributed by atoms with Gasteiger partial charge in [0.15, 0.2) is 6.29 Å². The molecule has 1 aromatic heterocycles. The minimum absolute atomic E-state index is 0.210. The molecule has 0 saturated carbocycles. The van der Waals surface area contributed by atoms with Crippen molar-refractivity contribution in [3.05, 3.63) is 60.2 Å². The Morgan fingerprint density at radius 2 is 1.89 bits per heavy atom. The fourth-order valence-electron chi connectivity index (χ4n) is 2.81. The molecule has 0 bridgehead atoms. The minimum atomic E-state index is -0.496. The molecule has 0 saturated heterocycles. The SMILES string of the molecule is COC(CNC(=O)c1cc(Nc2cccc(SC)c2)nc2ccccc12)OC. The van der Waals surface area contributed by atoms with Crippen LogP contribution >= 0.6 is 11.8 Å². The van der Waals surface area contributed by atoms with Gasteiger partial charge >= 0.3 is 0 Å². The van der Waals surface area contributed by atoms with E-state index in [0.29, 0.717) is 11.4 Å². The summed E-state index contributed by atoms with van der Waals surface area (Å²) in [4.78, 5) is 18.6. The van der Waals surface area contributed by atoms with E-state index in [4.69, 9.17) is 9.47 Å². The van der Waals surface area contributed by atoms with Crippen LogP contribution in [0.1, 0.15) is 10.4 Å². The third-order valence-corrected chi connectivity index (χ3v) is 4.98. The number of rotatable bonds is 8. The highest BCUT2D eigenvalue weighted by Gasteiger charge is 2.15. The topological polar surface area (TPSA) is 72.5 Å². The predicted molar refractivity (Wildman–Crippen MR) is 113 cm³/mol. The fraction of sp³-hybridized carbons (Fsp3) is 0.238. The highest BCUT2D eigenvalue weighted by atomic mass is 32.2. The number of pyridine rings is 1. The summed E-state index contributed by atoms with van der Waals surface area (Å²) in [5, 5.41) is 6.94. The van der Waals surface area contributed by atoms with E-state index in [-0.39, 0.29) is 12.5 Å². The highest BCUT2D eigenvalue weighted by Crippen LogP contribution is 2.25. The maximum Gasteiger partial charge on any atom is 0.252 e. The van der Waals surface area contributed by atoms with E-state index >= 15 is 0 Å². The summed E-state index contributed by atoms with van der Waals surface area (Å²) in [6.45, 7) is 0.251. The van der Waals surface area contributed by atoms with Gasteiger partial charge in [-0.3, -0.25) is 4.79 Å². The Bertz CT molecular complexity index is 961. The van der Waals surface area contributed by atoms with Crippen molar-refractivity contribution in [3.8, 4) is 0 Å². The third kappa shape index (κ3) is 4.81. The third-order valence-electron chi connectivity index (χ3n) is 4.26. The van der Waals surface area contributed by atoms with Crippen molar-refractivity contribution in [1.29, 1.82) is 0 Å². The van der Waals surface area contributed by atoms with E-state index in [1.165, 1.54) is 14.2 Å². The lowest BCUT2D eigenvalue weighted by Crippen LogP contribution is -2.34. The van der Waals surface area contributed by atoms with Gasteiger partial charge in [0, 0.05) is 30.2 Å². The molecule has 0 fully saturated rings. The first kappa shape index (κ1) is 20.1. The van der Waals surface area contributed by atoms with Crippen LogP contribution in [0.5, 0.6) is 0 Å². The van der Waals surface area contributed by atoms with E-state index in [1.807, 2.05) is 54.8 Å². The number of thioether (sulfide) groups is 1. The largest absolute Gasteiger partial charge is 0.354 e. The molecule has 0 aliphatic rings. The molecule has 0 unspecified atom stereocenters. The van der Waals surface area contributed by atoms with E-state index < -0.39 is 6.29 Å². The summed E-state index contributed by atoms with van der Waals surface area (Å²) in [7, 11) is 3.07. The summed E-state index contributed by atoms with van der Waals surface area (Å²) < 4.78 is 10.3. The number of nitrogens with zero attached hydrogens (tertiary/aromatic N) is 1. The minimum Gasteiger partial charge on any atom is -0.354 e. The van der Waals surface area contributed by atoms with Crippen molar-refractivity contribution in [2.75, 3.05) is 32.3 Å². The maximum atomic E-state index is 12.8. The van der Waals surface area contributed by atoms with E-state index in [2.05, 4.69) is 15.6 Å². The zero-order valence-electron chi connectivity index (χ0n) is 16.1. The fourth-order valence-corrected chi connectivity index (χ4v) is 3.27. The van der Waals surface area contributed by atoms with Gasteiger partial charge in [-0.1, -0.05) is 24.3 Å². The van der Waals surface area contributed by atoms with Crippen LogP contribution in [-0.2, 0) is 9.47 Å². The van der Waals surface area contributed by atoms with Crippen molar-refractivity contribution >= 4 is 40.1 Å². The molecule has 28 heavy (non-hydrogen) atoms. The molecular weight excluding hydrogens is 374 g/mol. The molecule has 146 valence electrons. The Morgan fingerprint density at radius 1 is 1.11 bits per heavy atom. The molecule has 3 rings (SSSR count). The average molecular weight is 398 g/mol. The maximum absolute atomic E-state index is 12.8. The molecule has 7 heteroatoms. The molecule has 0 spiro atoms. The van der Waals surface area contributed by atoms with Gasteiger partial charge in [-0.15, -0.1) is 11.8 Å². The lowest BCUT2D eigenvalue weighted by molar-refractivity contribution is -0.0974. The number of carbonyl (C=O) groups excluding carboxylic acids is 1. The number of para-hydroxylation sites is 1. The molecule has 0 aliphatic carbocycles. The smallest absolute Gasteiger partial charge is 0.252 e. The molecule has 2 aromatic carbocycles. The molecule has 2 N–H and O–H groups in total. The van der Waals surface area contributed by atoms with Crippen LogP contribution in [0.25, 0.3) is 10.9 Å². The lowest BCUT2D eigenvalue weighted by Gasteiger charge is -2.15. The summed E-state index contributed by atoms with van der Waals surface area (Å²) in [5.74, 6) is 0.399. The number of ether oxygens (including phenoxy) is 2. The van der Waals surface area contributed by atoms with E-state index in [1.54, 1.807) is 17.8 Å². The van der Waals surface area contributed by atoms with E-state index in [9.17, 15) is 4.79 Å². The molecule has 0 atom stereocenters. The standard InChI is InChI=1S/C21H23N3O3S/c1-26-20(27-2)13-22-21(25)17-12-19(24-18-10-5-4-9-16(17)18)23-14-7-6-8-15(11-14)28-3/h4-12,20H,13H2,1-3H3,(H,22,25)(H,23,24). The van der Waals surface area contributed by atoms with Gasteiger partial charge in [-0.05, 0) is 36.6 Å². The Kier molecular flexibility index (Phi) is 6.86. The van der Waals surface area contributed by atoms with Crippen molar-refractivity contribution in [1.82, 2.24) is 10.3 Å². The van der Waals surface area contributed by atoms with Crippen LogP contribution in [0.2, 0.25) is 0 Å². The molecule has 6 nitrogen and oxygen atoms in total. The summed E-state index contributed by atoms with van der Waals surface area (Å²) in [5.41, 5.74) is 2.20. The number of hydrogen-bond donors (Lipinski definition) is 2. The molecule has 3 aromatic rings. The number of nitrogens with one attached hydrogen (secondary N) is 2. The molecular formula is C21H23N3O3S. The number of hydrogen-bond acceptors (Lipinski definition) is 6. The summed E-state index contributed by atoms with van der Waals surface area (Å²) in [6.07, 6.45) is 1.53. The van der Waals surface area contributed by atoms with Crippen LogP contribution in [0, 0.1) is 0 Å². The molecule has 1 amide bonds. The zero-order valence-corrected chi connectivity index (χ0v) is 16.9. The second-order valence-corrected chi connectivity index (χ2v) is 6.92. The predicted octanol–water partition coefficient (Wildman–Crippen LogP) is 4.05. The second kappa shape index (κ2) is 9.54. The Labute approximate surface area is 168 Å². The Hall–Kier alpha value is -2.61. The monoisotopic (exact) mass is 397 g/mol. The van der Waals surface area contributed by atoms with Gasteiger partial charge < -0.3 is 20.1 Å². The molecule has 0 radical (unpaired) electrons. The number of carbonyl (C=O) groups is 1. The Balaban J connectivity index is 1.91. The van der Waals surface area contributed by atoms with Crippen molar-refractivity contribution < 1.29 is 14.3 Å². The number of benzene rings is 2. The van der Waals surface area contributed by atoms with Crippen LogP contribution < -0.4 is 10.6 Å². The van der Waals surface area contributed by atoms with Gasteiger partial charge in [-0.25, -0.2) is 4.98 Å². The van der Waals surface area contributed by atoms with Crippen molar-refractivity contribution in [2.45, 2.75) is 11.2 Å². The second-order valence-electron chi connectivity index (χ2n) is 6.04. The first-order chi connectivity index (χ1) is 13.6. The van der Waals surface area contributed by atoms with Gasteiger partial charge in [0.1, 0.15) is 5.82 Å². The number of fused-ring (bicyclic) bond motifs is 1. The number of methoxy groups -OCH3 is 2. The zero-order chi connectivity index (χ0) is 19.9. The van der Waals surface area contributed by atoms with Crippen molar-refractivity contribution in [2.24, 2.45) is 0 Å². The quantitative estimate of drug-likeness (QED) is 0.441. The highest BCUT2D eigenvalue weighted by molar-refractivity contribution is 7.98. The van der Waals surface area contributed by atoms with Crippen LogP contribution in [0.3, 0.4) is 0 Å². The van der Waals surface area contributed by atoms with Gasteiger partial charge in [-0.2, -0.15) is 0 Å². The first-order valence-electron chi connectivity index (χ1n) is 8.79. The number of anilines is 2. The normalized spacial score (nSPS) is 11.0. The average Bonchev–Trinajstić information content (AvgIpc) is 2.74.